The monoisotopic (exact) mass is 179 g/mol. The van der Waals surface area contributed by atoms with Gasteiger partial charge in [-0.15, -0.1) is 0 Å². The molecule has 4 heteroatoms. The van der Waals surface area contributed by atoms with Gasteiger partial charge in [0.2, 0.25) is 0 Å². The number of rotatable bonds is 2. The van der Waals surface area contributed by atoms with Crippen molar-refractivity contribution in [1.82, 2.24) is 0 Å². The summed E-state index contributed by atoms with van der Waals surface area (Å²) < 4.78 is 5.11. The molecular weight excluding hydrogens is 166 g/mol. The molecule has 1 aliphatic rings. The third-order valence-electron chi connectivity index (χ3n) is 2.26. The minimum absolute atomic E-state index is 0.324. The van der Waals surface area contributed by atoms with Gasteiger partial charge >= 0.3 is 0 Å². The van der Waals surface area contributed by atoms with E-state index >= 15 is 0 Å². The summed E-state index contributed by atoms with van der Waals surface area (Å²) in [4.78, 5) is 0. The topological polar surface area (TPSA) is 90.6 Å². The summed E-state index contributed by atoms with van der Waals surface area (Å²) in [5.41, 5.74) is 19.7. The minimum atomic E-state index is 0.324. The van der Waals surface area contributed by atoms with E-state index in [-0.39, 0.29) is 0 Å². The molecule has 1 unspecified atom stereocenters. The van der Waals surface area contributed by atoms with Gasteiger partial charge in [0, 0.05) is 6.42 Å². The van der Waals surface area contributed by atoms with Crippen LogP contribution >= 0.6 is 0 Å². The number of nitrogens with two attached hydrogens (primary N) is 3. The van der Waals surface area contributed by atoms with Gasteiger partial charge in [-0.2, -0.15) is 0 Å². The van der Waals surface area contributed by atoms with Gasteiger partial charge in [-0.05, 0) is 11.6 Å². The van der Waals surface area contributed by atoms with E-state index in [9.17, 15) is 0 Å². The number of hydrogen-bond acceptors (Lipinski definition) is 4. The molecule has 0 saturated carbocycles. The Balaban J connectivity index is 2.29. The van der Waals surface area contributed by atoms with Crippen LogP contribution in [0.2, 0.25) is 0 Å². The molecule has 0 spiro atoms. The molecule has 2 rings (SSSR count). The molecule has 1 saturated heterocycles. The van der Waals surface area contributed by atoms with Crippen molar-refractivity contribution in [2.45, 2.75) is 12.5 Å². The van der Waals surface area contributed by atoms with Crippen molar-refractivity contribution in [3.63, 3.8) is 0 Å². The zero-order chi connectivity index (χ0) is 9.42. The number of epoxide rings is 1. The fourth-order valence-corrected chi connectivity index (χ4v) is 1.31. The number of ether oxygens (including phenoxy) is 1. The van der Waals surface area contributed by atoms with Gasteiger partial charge in [0.05, 0.1) is 29.8 Å². The van der Waals surface area contributed by atoms with Crippen LogP contribution in [-0.2, 0) is 11.2 Å². The Labute approximate surface area is 76.7 Å². The maximum absolute atomic E-state index is 5.80. The van der Waals surface area contributed by atoms with Crippen LogP contribution in [0.3, 0.4) is 0 Å². The van der Waals surface area contributed by atoms with Crippen molar-refractivity contribution < 1.29 is 4.74 Å². The maximum Gasteiger partial charge on any atom is 0.0850 e. The van der Waals surface area contributed by atoms with E-state index in [1.165, 1.54) is 0 Å². The standard InChI is InChI=1S/C9H13N3O/c10-7-2-1-5(3-6-4-13-6)8(11)9(7)12/h1-2,6H,3-4,10-12H2. The fraction of sp³-hybridized carbons (Fsp3) is 0.333. The summed E-state index contributed by atoms with van der Waals surface area (Å²) in [6.45, 7) is 0.823. The van der Waals surface area contributed by atoms with Gasteiger partial charge in [0.1, 0.15) is 0 Å². The van der Waals surface area contributed by atoms with Gasteiger partial charge in [-0.3, -0.25) is 0 Å². The van der Waals surface area contributed by atoms with Crippen LogP contribution in [0.1, 0.15) is 5.56 Å². The Morgan fingerprint density at radius 2 is 1.92 bits per heavy atom. The Hall–Kier alpha value is -1.42. The molecule has 1 aromatic rings. The average Bonchev–Trinajstić information content (AvgIpc) is 2.90. The molecule has 1 atom stereocenters. The molecule has 1 aliphatic heterocycles. The quantitative estimate of drug-likeness (QED) is 0.452. The van der Waals surface area contributed by atoms with Crippen LogP contribution < -0.4 is 17.2 Å². The van der Waals surface area contributed by atoms with Gasteiger partial charge in [-0.1, -0.05) is 6.07 Å². The molecule has 0 bridgehead atoms. The normalized spacial score (nSPS) is 20.2. The Morgan fingerprint density at radius 1 is 1.23 bits per heavy atom. The van der Waals surface area contributed by atoms with Crippen LogP contribution in [0.15, 0.2) is 12.1 Å². The first kappa shape index (κ1) is 8.19. The van der Waals surface area contributed by atoms with Gasteiger partial charge < -0.3 is 21.9 Å². The number of benzene rings is 1. The minimum Gasteiger partial charge on any atom is -0.397 e. The maximum atomic E-state index is 5.80. The molecule has 4 nitrogen and oxygen atoms in total. The number of anilines is 3. The van der Waals surface area contributed by atoms with Crippen LogP contribution in [0, 0.1) is 0 Å². The molecule has 1 fully saturated rings. The Kier molecular flexibility index (Phi) is 1.77. The molecule has 70 valence electrons. The molecular formula is C9H13N3O. The van der Waals surface area contributed by atoms with Crippen molar-refractivity contribution >= 4 is 17.1 Å². The van der Waals surface area contributed by atoms with Crippen molar-refractivity contribution in [2.75, 3.05) is 23.8 Å². The predicted molar refractivity (Wildman–Crippen MR) is 53.1 cm³/mol. The van der Waals surface area contributed by atoms with E-state index in [0.29, 0.717) is 23.2 Å². The van der Waals surface area contributed by atoms with Gasteiger partial charge in [-0.25, -0.2) is 0 Å². The smallest absolute Gasteiger partial charge is 0.0850 e. The molecule has 13 heavy (non-hydrogen) atoms. The van der Waals surface area contributed by atoms with E-state index < -0.39 is 0 Å². The van der Waals surface area contributed by atoms with Crippen LogP contribution in [0.4, 0.5) is 17.1 Å². The van der Waals surface area contributed by atoms with Crippen LogP contribution in [-0.4, -0.2) is 12.7 Å². The lowest BCUT2D eigenvalue weighted by molar-refractivity contribution is 0.408. The zero-order valence-corrected chi connectivity index (χ0v) is 7.29. The average molecular weight is 179 g/mol. The summed E-state index contributed by atoms with van der Waals surface area (Å²) in [6.07, 6.45) is 1.15. The van der Waals surface area contributed by atoms with E-state index in [0.717, 1.165) is 18.6 Å². The highest BCUT2D eigenvalue weighted by Gasteiger charge is 2.23. The lowest BCUT2D eigenvalue weighted by Crippen LogP contribution is -2.05. The summed E-state index contributed by atoms with van der Waals surface area (Å²) >= 11 is 0. The largest absolute Gasteiger partial charge is 0.397 e. The molecule has 1 aromatic carbocycles. The highest BCUT2D eigenvalue weighted by Crippen LogP contribution is 2.29. The molecule has 6 N–H and O–H groups in total. The van der Waals surface area contributed by atoms with Crippen LogP contribution in [0.25, 0.3) is 0 Å². The van der Waals surface area contributed by atoms with E-state index in [1.807, 2.05) is 6.07 Å². The summed E-state index contributed by atoms with van der Waals surface area (Å²) in [6, 6.07) is 3.69. The first-order chi connectivity index (χ1) is 6.18. The summed E-state index contributed by atoms with van der Waals surface area (Å²) in [5.74, 6) is 0. The Bertz CT molecular complexity index is 334. The lowest BCUT2D eigenvalue weighted by atomic mass is 10.1. The molecule has 0 amide bonds. The summed E-state index contributed by atoms with van der Waals surface area (Å²) in [7, 11) is 0. The predicted octanol–water partition coefficient (Wildman–Crippen LogP) is 0.375. The summed E-state index contributed by atoms with van der Waals surface area (Å²) in [5, 5.41) is 0. The van der Waals surface area contributed by atoms with E-state index in [4.69, 9.17) is 21.9 Å². The highest BCUT2D eigenvalue weighted by molar-refractivity contribution is 5.79. The highest BCUT2D eigenvalue weighted by atomic mass is 16.6. The number of nitrogen functional groups attached to an aromatic ring is 3. The zero-order valence-electron chi connectivity index (χ0n) is 7.29. The first-order valence-corrected chi connectivity index (χ1v) is 4.22. The third-order valence-corrected chi connectivity index (χ3v) is 2.26. The van der Waals surface area contributed by atoms with Gasteiger partial charge in [0.25, 0.3) is 0 Å². The molecule has 0 aromatic heterocycles. The van der Waals surface area contributed by atoms with E-state index in [2.05, 4.69) is 0 Å². The molecule has 0 aliphatic carbocycles. The van der Waals surface area contributed by atoms with Crippen LogP contribution in [0.5, 0.6) is 0 Å². The second-order valence-electron chi connectivity index (χ2n) is 3.30. The molecule has 1 heterocycles. The number of hydrogen-bond donors (Lipinski definition) is 3. The van der Waals surface area contributed by atoms with Crippen molar-refractivity contribution in [3.8, 4) is 0 Å². The lowest BCUT2D eigenvalue weighted by Gasteiger charge is -2.08. The SMILES string of the molecule is Nc1ccc(CC2CO2)c(N)c1N. The van der Waals surface area contributed by atoms with Crippen molar-refractivity contribution in [2.24, 2.45) is 0 Å². The van der Waals surface area contributed by atoms with Gasteiger partial charge in [0.15, 0.2) is 0 Å². The molecule has 0 radical (unpaired) electrons. The third kappa shape index (κ3) is 1.53. The van der Waals surface area contributed by atoms with Crippen molar-refractivity contribution in [1.29, 1.82) is 0 Å². The van der Waals surface area contributed by atoms with Crippen molar-refractivity contribution in [3.05, 3.63) is 17.7 Å². The van der Waals surface area contributed by atoms with E-state index in [1.54, 1.807) is 6.07 Å². The second-order valence-corrected chi connectivity index (χ2v) is 3.30. The second kappa shape index (κ2) is 2.81. The first-order valence-electron chi connectivity index (χ1n) is 4.22. The Morgan fingerprint density at radius 3 is 2.54 bits per heavy atom. The fourth-order valence-electron chi connectivity index (χ4n) is 1.31.